The van der Waals surface area contributed by atoms with Crippen LogP contribution >= 0.6 is 23.4 Å². The van der Waals surface area contributed by atoms with Crippen LogP contribution in [-0.4, -0.2) is 58.1 Å². The Bertz CT molecular complexity index is 612. The van der Waals surface area contributed by atoms with Crippen LogP contribution in [0.3, 0.4) is 0 Å². The van der Waals surface area contributed by atoms with Crippen molar-refractivity contribution in [2.24, 2.45) is 11.8 Å². The van der Waals surface area contributed by atoms with Gasteiger partial charge in [-0.1, -0.05) is 36.4 Å². The summed E-state index contributed by atoms with van der Waals surface area (Å²) in [6.45, 7) is 0.815. The number of ether oxygens (including phenoxy) is 1. The molecule has 2 rings (SSSR count). The number of thioether (sulfide) groups is 1. The molecule has 1 saturated carbocycles. The Morgan fingerprint density at radius 3 is 2.83 bits per heavy atom. The maximum Gasteiger partial charge on any atom is 0.0761 e. The van der Waals surface area contributed by atoms with Gasteiger partial charge in [0.25, 0.3) is 0 Å². The Kier molecular flexibility index (Phi) is 11.7. The van der Waals surface area contributed by atoms with Crippen LogP contribution < -0.4 is 0 Å². The number of aliphatic hydroxyl groups is 3. The Labute approximate surface area is 184 Å². The lowest BCUT2D eigenvalue weighted by molar-refractivity contribution is 0.140. The van der Waals surface area contributed by atoms with Gasteiger partial charge in [-0.15, -0.1) is 11.6 Å². The van der Waals surface area contributed by atoms with Crippen LogP contribution in [0.15, 0.2) is 36.4 Å². The molecule has 1 fully saturated rings. The van der Waals surface area contributed by atoms with Crippen molar-refractivity contribution in [1.82, 2.24) is 0 Å². The van der Waals surface area contributed by atoms with Crippen molar-refractivity contribution in [3.05, 3.63) is 47.5 Å². The average molecular weight is 443 g/mol. The van der Waals surface area contributed by atoms with E-state index in [0.717, 1.165) is 41.9 Å². The molecule has 0 radical (unpaired) electrons. The second kappa shape index (κ2) is 13.7. The van der Waals surface area contributed by atoms with E-state index >= 15 is 0 Å². The summed E-state index contributed by atoms with van der Waals surface area (Å²) in [4.78, 5) is 0. The van der Waals surface area contributed by atoms with Gasteiger partial charge in [0.2, 0.25) is 0 Å². The van der Waals surface area contributed by atoms with Gasteiger partial charge in [0.1, 0.15) is 0 Å². The second-order valence-electron chi connectivity index (χ2n) is 7.80. The van der Waals surface area contributed by atoms with Gasteiger partial charge >= 0.3 is 0 Å². The molecule has 1 aliphatic rings. The molecule has 4 nitrogen and oxygen atoms in total. The first-order chi connectivity index (χ1) is 14.0. The van der Waals surface area contributed by atoms with Gasteiger partial charge in [-0.2, -0.15) is 11.8 Å². The van der Waals surface area contributed by atoms with Gasteiger partial charge in [0.05, 0.1) is 18.8 Å². The second-order valence-corrected chi connectivity index (χ2v) is 9.59. The number of aliphatic hydroxyl groups excluding tert-OH is 3. The molecule has 0 saturated heterocycles. The fourth-order valence-electron chi connectivity index (χ4n) is 3.95. The Balaban J connectivity index is 1.86. The van der Waals surface area contributed by atoms with Gasteiger partial charge < -0.3 is 20.1 Å². The summed E-state index contributed by atoms with van der Waals surface area (Å²) < 4.78 is 5.17. The van der Waals surface area contributed by atoms with Crippen LogP contribution in [-0.2, 0) is 17.8 Å². The van der Waals surface area contributed by atoms with E-state index in [1.54, 1.807) is 7.11 Å². The number of hydrogen-bond acceptors (Lipinski definition) is 5. The van der Waals surface area contributed by atoms with Crippen LogP contribution in [0.5, 0.6) is 0 Å². The van der Waals surface area contributed by atoms with Crippen molar-refractivity contribution >= 4 is 23.4 Å². The molecule has 0 aliphatic heterocycles. The fraction of sp³-hybridized carbons (Fsp3) is 0.652. The summed E-state index contributed by atoms with van der Waals surface area (Å²) >= 11 is 8.39. The maximum atomic E-state index is 10.5. The minimum absolute atomic E-state index is 0.00924. The molecular formula is C23H35ClO4S. The first-order valence-corrected chi connectivity index (χ1v) is 12.1. The standard InChI is InChI=1S/C23H35ClO4S/c1-28-16-18-6-4-5-17(13-18)14-19(26)7-8-21-20(22(24)15-23(21)27)9-12-29-11-3-2-10-25/h4-8,13,19-23,25-27H,2-3,9-12,14-16H2,1H3/b8-7+/t19-,20-,21-,22-,23-/m1/s1. The van der Waals surface area contributed by atoms with Crippen molar-refractivity contribution in [1.29, 1.82) is 0 Å². The lowest BCUT2D eigenvalue weighted by Gasteiger charge is -2.21. The Morgan fingerprint density at radius 2 is 2.07 bits per heavy atom. The zero-order chi connectivity index (χ0) is 21.1. The molecule has 1 aromatic rings. The van der Waals surface area contributed by atoms with E-state index in [9.17, 15) is 10.2 Å². The molecule has 29 heavy (non-hydrogen) atoms. The number of rotatable bonds is 13. The minimum Gasteiger partial charge on any atom is -0.396 e. The first kappa shape index (κ1) is 24.7. The highest BCUT2D eigenvalue weighted by Crippen LogP contribution is 2.39. The topological polar surface area (TPSA) is 69.9 Å². The summed E-state index contributed by atoms with van der Waals surface area (Å²) in [5.74, 6) is 2.27. The summed E-state index contributed by atoms with van der Waals surface area (Å²) in [7, 11) is 1.67. The zero-order valence-electron chi connectivity index (χ0n) is 17.3. The van der Waals surface area contributed by atoms with Crippen LogP contribution in [0.25, 0.3) is 0 Å². The predicted octanol–water partition coefficient (Wildman–Crippen LogP) is 3.79. The normalized spacial score (nSPS) is 25.7. The van der Waals surface area contributed by atoms with Gasteiger partial charge in [0.15, 0.2) is 0 Å². The first-order valence-electron chi connectivity index (χ1n) is 10.5. The van der Waals surface area contributed by atoms with Crippen LogP contribution in [0, 0.1) is 11.8 Å². The fourth-order valence-corrected chi connectivity index (χ4v) is 5.48. The zero-order valence-corrected chi connectivity index (χ0v) is 18.8. The molecule has 0 heterocycles. The van der Waals surface area contributed by atoms with E-state index in [-0.39, 0.29) is 23.8 Å². The van der Waals surface area contributed by atoms with E-state index in [1.807, 2.05) is 42.1 Å². The monoisotopic (exact) mass is 442 g/mol. The van der Waals surface area contributed by atoms with E-state index in [1.165, 1.54) is 0 Å². The lowest BCUT2D eigenvalue weighted by Crippen LogP contribution is -2.20. The molecule has 0 aromatic heterocycles. The van der Waals surface area contributed by atoms with Crippen molar-refractivity contribution in [3.63, 3.8) is 0 Å². The van der Waals surface area contributed by atoms with Gasteiger partial charge in [-0.05, 0) is 54.2 Å². The molecular weight excluding hydrogens is 408 g/mol. The van der Waals surface area contributed by atoms with E-state index in [0.29, 0.717) is 19.4 Å². The molecule has 3 N–H and O–H groups in total. The summed E-state index contributed by atoms with van der Waals surface area (Å²) in [6.07, 6.45) is 6.71. The highest BCUT2D eigenvalue weighted by atomic mass is 35.5. The Hall–Kier alpha value is -0.560. The van der Waals surface area contributed by atoms with Gasteiger partial charge in [-0.3, -0.25) is 0 Å². The number of halogens is 1. The van der Waals surface area contributed by atoms with Gasteiger partial charge in [0, 0.05) is 31.4 Å². The summed E-state index contributed by atoms with van der Waals surface area (Å²) in [5.41, 5.74) is 2.16. The average Bonchev–Trinajstić information content (AvgIpc) is 2.96. The summed E-state index contributed by atoms with van der Waals surface area (Å²) in [5, 5.41) is 29.7. The maximum absolute atomic E-state index is 10.5. The van der Waals surface area contributed by atoms with E-state index < -0.39 is 12.2 Å². The largest absolute Gasteiger partial charge is 0.396 e. The van der Waals surface area contributed by atoms with Crippen LogP contribution in [0.2, 0.25) is 0 Å². The SMILES string of the molecule is COCc1cccc(C[C@H](O)/C=C/[C@@H]2[C@@H](CCSCCCCO)[C@H](Cl)C[C@H]2O)c1. The van der Waals surface area contributed by atoms with Crippen LogP contribution in [0.1, 0.15) is 36.8 Å². The highest BCUT2D eigenvalue weighted by Gasteiger charge is 2.39. The molecule has 1 aliphatic carbocycles. The number of benzene rings is 1. The van der Waals surface area contributed by atoms with E-state index in [4.69, 9.17) is 21.4 Å². The predicted molar refractivity (Wildman–Crippen MR) is 122 cm³/mol. The molecule has 0 amide bonds. The quantitative estimate of drug-likeness (QED) is 0.246. The minimum atomic E-state index is -0.595. The Morgan fingerprint density at radius 1 is 1.28 bits per heavy atom. The van der Waals surface area contributed by atoms with Crippen LogP contribution in [0.4, 0.5) is 0 Å². The molecule has 5 atom stereocenters. The highest BCUT2D eigenvalue weighted by molar-refractivity contribution is 7.99. The molecule has 1 aromatic carbocycles. The number of hydrogen-bond donors (Lipinski definition) is 3. The number of alkyl halides is 1. The lowest BCUT2D eigenvalue weighted by atomic mass is 9.91. The van der Waals surface area contributed by atoms with Crippen molar-refractivity contribution in [2.75, 3.05) is 25.2 Å². The van der Waals surface area contributed by atoms with E-state index in [2.05, 4.69) is 6.07 Å². The molecule has 0 bridgehead atoms. The summed E-state index contributed by atoms with van der Waals surface area (Å²) in [6, 6.07) is 8.05. The third-order valence-corrected chi connectivity index (χ3v) is 7.07. The number of methoxy groups -OCH3 is 1. The smallest absolute Gasteiger partial charge is 0.0761 e. The third kappa shape index (κ3) is 8.60. The molecule has 0 spiro atoms. The third-order valence-electron chi connectivity index (χ3n) is 5.46. The van der Waals surface area contributed by atoms with Crippen molar-refractivity contribution in [2.45, 2.75) is 56.3 Å². The molecule has 6 heteroatoms. The van der Waals surface area contributed by atoms with Crippen molar-refractivity contribution in [3.8, 4) is 0 Å². The number of unbranched alkanes of at least 4 members (excludes halogenated alkanes) is 1. The van der Waals surface area contributed by atoms with Gasteiger partial charge in [-0.25, -0.2) is 0 Å². The van der Waals surface area contributed by atoms with Crippen molar-refractivity contribution < 1.29 is 20.1 Å². The molecule has 0 unspecified atom stereocenters. The molecule has 164 valence electrons.